The molecule has 27 heavy (non-hydrogen) atoms. The Bertz CT molecular complexity index is 1070. The molecule has 0 saturated carbocycles. The number of benzene rings is 2. The van der Waals surface area contributed by atoms with E-state index in [0.29, 0.717) is 24.2 Å². The summed E-state index contributed by atoms with van der Waals surface area (Å²) in [6.07, 6.45) is 2.52. The second-order valence-corrected chi connectivity index (χ2v) is 6.49. The Hall–Kier alpha value is -3.30. The number of aryl methyl sites for hydroxylation is 1. The van der Waals surface area contributed by atoms with Crippen molar-refractivity contribution in [3.8, 4) is 6.07 Å². The van der Waals surface area contributed by atoms with E-state index in [2.05, 4.69) is 15.6 Å². The lowest BCUT2D eigenvalue weighted by Crippen LogP contribution is -2.36. The molecule has 0 bridgehead atoms. The lowest BCUT2D eigenvalue weighted by Gasteiger charge is -2.07. The zero-order valence-electron chi connectivity index (χ0n) is 14.6. The number of nitriles is 1. The topological polar surface area (TPSA) is 97.8 Å². The van der Waals surface area contributed by atoms with Gasteiger partial charge in [0.1, 0.15) is 6.07 Å². The van der Waals surface area contributed by atoms with Crippen LogP contribution < -0.4 is 10.6 Å². The first-order valence-electron chi connectivity index (χ1n) is 8.34. The first-order chi connectivity index (χ1) is 13.0. The number of amides is 2. The number of aromatic nitrogens is 1. The highest BCUT2D eigenvalue weighted by atomic mass is 35.5. The van der Waals surface area contributed by atoms with E-state index in [-0.39, 0.29) is 5.02 Å². The van der Waals surface area contributed by atoms with E-state index in [4.69, 9.17) is 16.9 Å². The van der Waals surface area contributed by atoms with Crippen LogP contribution in [0.1, 0.15) is 16.7 Å². The number of hydrogen-bond acceptors (Lipinski definition) is 3. The third-order valence-electron chi connectivity index (χ3n) is 4.23. The third-order valence-corrected chi connectivity index (χ3v) is 4.54. The summed E-state index contributed by atoms with van der Waals surface area (Å²) in [4.78, 5) is 27.2. The predicted octanol–water partition coefficient (Wildman–Crippen LogP) is 3.30. The number of hydrogen-bond donors (Lipinski definition) is 3. The summed E-state index contributed by atoms with van der Waals surface area (Å²) in [5, 5.41) is 15.3. The Morgan fingerprint density at radius 1 is 1.22 bits per heavy atom. The van der Waals surface area contributed by atoms with E-state index in [0.717, 1.165) is 22.0 Å². The van der Waals surface area contributed by atoms with Crippen molar-refractivity contribution in [2.45, 2.75) is 13.3 Å². The van der Waals surface area contributed by atoms with Crippen LogP contribution in [0, 0.1) is 18.3 Å². The molecule has 1 heterocycles. The Morgan fingerprint density at radius 2 is 2.04 bits per heavy atom. The molecule has 0 aliphatic heterocycles. The van der Waals surface area contributed by atoms with Gasteiger partial charge < -0.3 is 15.6 Å². The number of nitrogens with zero attached hydrogens (tertiary/aromatic N) is 1. The highest BCUT2D eigenvalue weighted by Crippen LogP contribution is 2.22. The van der Waals surface area contributed by atoms with Crippen LogP contribution in [0.15, 0.2) is 42.6 Å². The van der Waals surface area contributed by atoms with E-state index in [1.165, 1.54) is 18.2 Å². The van der Waals surface area contributed by atoms with Crippen LogP contribution in [0.2, 0.25) is 5.02 Å². The fourth-order valence-corrected chi connectivity index (χ4v) is 3.13. The number of carbonyl (C=O) groups excluding carboxylic acids is 2. The molecule has 0 aliphatic carbocycles. The second kappa shape index (κ2) is 7.94. The van der Waals surface area contributed by atoms with E-state index in [1.54, 1.807) is 0 Å². The average molecular weight is 381 g/mol. The van der Waals surface area contributed by atoms with Gasteiger partial charge in [0.15, 0.2) is 0 Å². The predicted molar refractivity (Wildman–Crippen MR) is 105 cm³/mol. The Labute approximate surface area is 161 Å². The van der Waals surface area contributed by atoms with Crippen molar-refractivity contribution in [1.82, 2.24) is 10.3 Å². The van der Waals surface area contributed by atoms with Crippen molar-refractivity contribution in [3.63, 3.8) is 0 Å². The van der Waals surface area contributed by atoms with E-state index < -0.39 is 11.8 Å². The van der Waals surface area contributed by atoms with Crippen molar-refractivity contribution < 1.29 is 9.59 Å². The zero-order chi connectivity index (χ0) is 19.4. The highest BCUT2D eigenvalue weighted by Gasteiger charge is 2.14. The van der Waals surface area contributed by atoms with Crippen LogP contribution in [0.5, 0.6) is 0 Å². The van der Waals surface area contributed by atoms with Crippen molar-refractivity contribution in [2.24, 2.45) is 0 Å². The minimum absolute atomic E-state index is 0.213. The molecule has 3 aromatic rings. The standard InChI is InChI=1S/C20H17ClN4O2/c1-12-3-2-4-17-18(12)14(11-24-17)7-8-23-19(26)20(27)25-15-6-5-13(10-22)16(21)9-15/h2-6,9,11,24H,7-8H2,1H3,(H,23,26)(H,25,27). The molecule has 136 valence electrons. The Kier molecular flexibility index (Phi) is 5.43. The van der Waals surface area contributed by atoms with Gasteiger partial charge in [-0.15, -0.1) is 0 Å². The Balaban J connectivity index is 1.56. The first-order valence-corrected chi connectivity index (χ1v) is 8.72. The second-order valence-electron chi connectivity index (χ2n) is 6.08. The van der Waals surface area contributed by atoms with Gasteiger partial charge in [-0.25, -0.2) is 0 Å². The minimum atomic E-state index is -0.786. The summed E-state index contributed by atoms with van der Waals surface area (Å²) >= 11 is 5.92. The summed E-state index contributed by atoms with van der Waals surface area (Å²) < 4.78 is 0. The van der Waals surface area contributed by atoms with E-state index >= 15 is 0 Å². The summed E-state index contributed by atoms with van der Waals surface area (Å²) in [7, 11) is 0. The lowest BCUT2D eigenvalue weighted by atomic mass is 10.1. The van der Waals surface area contributed by atoms with Crippen molar-refractivity contribution in [3.05, 3.63) is 64.3 Å². The maximum Gasteiger partial charge on any atom is 0.313 e. The smallest absolute Gasteiger partial charge is 0.313 e. The number of nitrogens with one attached hydrogen (secondary N) is 3. The molecule has 2 aromatic carbocycles. The molecule has 0 radical (unpaired) electrons. The summed E-state index contributed by atoms with van der Waals surface area (Å²) in [5.41, 5.74) is 3.94. The largest absolute Gasteiger partial charge is 0.361 e. The van der Waals surface area contributed by atoms with Crippen LogP contribution in [0.25, 0.3) is 10.9 Å². The van der Waals surface area contributed by atoms with Gasteiger partial charge in [-0.3, -0.25) is 9.59 Å². The van der Waals surface area contributed by atoms with Crippen LogP contribution in [-0.2, 0) is 16.0 Å². The Morgan fingerprint density at radius 3 is 2.78 bits per heavy atom. The van der Waals surface area contributed by atoms with Crippen LogP contribution in [-0.4, -0.2) is 23.3 Å². The van der Waals surface area contributed by atoms with Gasteiger partial charge in [0.2, 0.25) is 0 Å². The van der Waals surface area contributed by atoms with Gasteiger partial charge in [-0.1, -0.05) is 23.7 Å². The van der Waals surface area contributed by atoms with Gasteiger partial charge in [-0.2, -0.15) is 5.26 Å². The van der Waals surface area contributed by atoms with Crippen molar-refractivity contribution in [1.29, 1.82) is 5.26 Å². The first kappa shape index (κ1) is 18.5. The number of H-pyrrole nitrogens is 1. The lowest BCUT2D eigenvalue weighted by molar-refractivity contribution is -0.136. The van der Waals surface area contributed by atoms with Gasteiger partial charge in [-0.05, 0) is 48.7 Å². The van der Waals surface area contributed by atoms with Crippen LogP contribution in [0.4, 0.5) is 5.69 Å². The van der Waals surface area contributed by atoms with E-state index in [1.807, 2.05) is 37.4 Å². The molecule has 7 heteroatoms. The highest BCUT2D eigenvalue weighted by molar-refractivity contribution is 6.40. The number of carbonyl (C=O) groups is 2. The molecule has 0 atom stereocenters. The fourth-order valence-electron chi connectivity index (χ4n) is 2.91. The molecule has 0 fully saturated rings. The number of aromatic amines is 1. The van der Waals surface area contributed by atoms with Crippen LogP contribution >= 0.6 is 11.6 Å². The molecule has 2 amide bonds. The quantitative estimate of drug-likeness (QED) is 0.605. The maximum atomic E-state index is 12.0. The normalized spacial score (nSPS) is 10.4. The number of anilines is 1. The number of fused-ring (bicyclic) bond motifs is 1. The molecule has 6 nitrogen and oxygen atoms in total. The van der Waals surface area contributed by atoms with E-state index in [9.17, 15) is 9.59 Å². The van der Waals surface area contributed by atoms with Gasteiger partial charge in [0.05, 0.1) is 10.6 Å². The van der Waals surface area contributed by atoms with Gasteiger partial charge >= 0.3 is 11.8 Å². The average Bonchev–Trinajstić information content (AvgIpc) is 3.06. The molecule has 3 N–H and O–H groups in total. The van der Waals surface area contributed by atoms with Crippen molar-refractivity contribution in [2.75, 3.05) is 11.9 Å². The maximum absolute atomic E-state index is 12.0. The SMILES string of the molecule is Cc1cccc2[nH]cc(CCNC(=O)C(=O)Nc3ccc(C#N)c(Cl)c3)c12. The van der Waals surface area contributed by atoms with Crippen molar-refractivity contribution >= 4 is 40.0 Å². The zero-order valence-corrected chi connectivity index (χ0v) is 15.4. The molecule has 0 spiro atoms. The number of halogens is 1. The minimum Gasteiger partial charge on any atom is -0.361 e. The van der Waals surface area contributed by atoms with Gasteiger partial charge in [0, 0.05) is 29.3 Å². The van der Waals surface area contributed by atoms with Crippen LogP contribution in [0.3, 0.4) is 0 Å². The van der Waals surface area contributed by atoms with Gasteiger partial charge in [0.25, 0.3) is 0 Å². The fraction of sp³-hybridized carbons (Fsp3) is 0.150. The molecule has 0 unspecified atom stereocenters. The molecular formula is C20H17ClN4O2. The molecule has 1 aromatic heterocycles. The summed E-state index contributed by atoms with van der Waals surface area (Å²) in [6.45, 7) is 2.37. The number of rotatable bonds is 4. The summed E-state index contributed by atoms with van der Waals surface area (Å²) in [6, 6.07) is 12.4. The molecule has 3 rings (SSSR count). The molecule has 0 aliphatic rings. The monoisotopic (exact) mass is 380 g/mol. The third kappa shape index (κ3) is 4.10. The molecule has 0 saturated heterocycles. The molecular weight excluding hydrogens is 364 g/mol. The summed E-state index contributed by atoms with van der Waals surface area (Å²) in [5.74, 6) is -1.52.